The van der Waals surface area contributed by atoms with E-state index in [4.69, 9.17) is 9.57 Å². The lowest BCUT2D eigenvalue weighted by Gasteiger charge is -2.11. The SMILES string of the molecule is CNC(=O)C(=NOC)c1ccccc1COc1nc(-c2cccnc2)sc1C. The maximum atomic E-state index is 12.2. The van der Waals surface area contributed by atoms with Crippen molar-refractivity contribution in [2.75, 3.05) is 14.2 Å². The summed E-state index contributed by atoms with van der Waals surface area (Å²) in [6, 6.07) is 11.2. The normalized spacial score (nSPS) is 11.2. The van der Waals surface area contributed by atoms with Gasteiger partial charge in [0.2, 0.25) is 5.88 Å². The van der Waals surface area contributed by atoms with Crippen LogP contribution in [0.5, 0.6) is 5.88 Å². The molecule has 28 heavy (non-hydrogen) atoms. The first kappa shape index (κ1) is 19.5. The first-order valence-corrected chi connectivity index (χ1v) is 9.37. The van der Waals surface area contributed by atoms with E-state index in [1.807, 2.05) is 37.3 Å². The van der Waals surface area contributed by atoms with E-state index in [1.165, 1.54) is 7.11 Å². The highest BCUT2D eigenvalue weighted by molar-refractivity contribution is 7.15. The molecule has 0 saturated heterocycles. The van der Waals surface area contributed by atoms with Crippen LogP contribution in [0.15, 0.2) is 53.9 Å². The van der Waals surface area contributed by atoms with Gasteiger partial charge in [0.05, 0.1) is 4.88 Å². The lowest BCUT2D eigenvalue weighted by atomic mass is 10.0. The number of ether oxygens (including phenoxy) is 1. The molecule has 0 fully saturated rings. The van der Waals surface area contributed by atoms with Gasteiger partial charge in [-0.15, -0.1) is 11.3 Å². The van der Waals surface area contributed by atoms with Gasteiger partial charge in [-0.25, -0.2) is 4.98 Å². The average Bonchev–Trinajstić information content (AvgIpc) is 3.11. The van der Waals surface area contributed by atoms with Crippen LogP contribution in [0.2, 0.25) is 0 Å². The van der Waals surface area contributed by atoms with Crippen molar-refractivity contribution in [1.29, 1.82) is 0 Å². The number of carbonyl (C=O) groups excluding carboxylic acids is 1. The Balaban J connectivity index is 1.84. The molecule has 144 valence electrons. The number of amides is 1. The van der Waals surface area contributed by atoms with Crippen molar-refractivity contribution in [1.82, 2.24) is 15.3 Å². The molecule has 0 atom stereocenters. The molecule has 0 unspecified atom stereocenters. The van der Waals surface area contributed by atoms with Crippen LogP contribution in [0.25, 0.3) is 10.6 Å². The number of aryl methyl sites for hydroxylation is 1. The van der Waals surface area contributed by atoms with Gasteiger partial charge in [0.1, 0.15) is 18.7 Å². The summed E-state index contributed by atoms with van der Waals surface area (Å²) >= 11 is 1.55. The molecule has 0 bridgehead atoms. The van der Waals surface area contributed by atoms with Gasteiger partial charge in [0, 0.05) is 30.6 Å². The van der Waals surface area contributed by atoms with Gasteiger partial charge >= 0.3 is 0 Å². The van der Waals surface area contributed by atoms with Gasteiger partial charge in [0.15, 0.2) is 5.71 Å². The Labute approximate surface area is 167 Å². The first-order chi connectivity index (χ1) is 13.6. The lowest BCUT2D eigenvalue weighted by molar-refractivity contribution is -0.114. The maximum absolute atomic E-state index is 12.2. The van der Waals surface area contributed by atoms with Crippen LogP contribution in [0.4, 0.5) is 0 Å². The van der Waals surface area contributed by atoms with Crippen molar-refractivity contribution in [2.24, 2.45) is 5.16 Å². The average molecular weight is 396 g/mol. The highest BCUT2D eigenvalue weighted by Gasteiger charge is 2.18. The van der Waals surface area contributed by atoms with Crippen molar-refractivity contribution in [3.63, 3.8) is 0 Å². The van der Waals surface area contributed by atoms with Crippen LogP contribution in [0.1, 0.15) is 16.0 Å². The number of thiazole rings is 1. The van der Waals surface area contributed by atoms with Gasteiger partial charge in [-0.1, -0.05) is 29.4 Å². The van der Waals surface area contributed by atoms with Crippen molar-refractivity contribution in [2.45, 2.75) is 13.5 Å². The van der Waals surface area contributed by atoms with Crippen LogP contribution < -0.4 is 10.1 Å². The van der Waals surface area contributed by atoms with Crippen LogP contribution >= 0.6 is 11.3 Å². The fourth-order valence-corrected chi connectivity index (χ4v) is 3.42. The molecule has 0 aliphatic heterocycles. The summed E-state index contributed by atoms with van der Waals surface area (Å²) in [5, 5.41) is 7.29. The number of carbonyl (C=O) groups is 1. The first-order valence-electron chi connectivity index (χ1n) is 8.56. The minimum absolute atomic E-state index is 0.190. The Kier molecular flexibility index (Phi) is 6.33. The predicted molar refractivity (Wildman–Crippen MR) is 108 cm³/mol. The number of aromatic nitrogens is 2. The molecule has 0 aliphatic carbocycles. The molecule has 0 spiro atoms. The molecule has 2 heterocycles. The molecule has 1 amide bonds. The quantitative estimate of drug-likeness (QED) is 0.490. The zero-order valence-corrected chi connectivity index (χ0v) is 16.6. The molecule has 0 saturated carbocycles. The summed E-state index contributed by atoms with van der Waals surface area (Å²) in [7, 11) is 2.95. The Morgan fingerprint density at radius 1 is 1.25 bits per heavy atom. The fourth-order valence-electron chi connectivity index (χ4n) is 2.58. The van der Waals surface area contributed by atoms with Crippen LogP contribution in [-0.4, -0.2) is 35.7 Å². The van der Waals surface area contributed by atoms with Crippen molar-refractivity contribution in [3.8, 4) is 16.5 Å². The lowest BCUT2D eigenvalue weighted by Crippen LogP contribution is -2.29. The van der Waals surface area contributed by atoms with Gasteiger partial charge in [0.25, 0.3) is 5.91 Å². The summed E-state index contributed by atoms with van der Waals surface area (Å²) in [4.78, 5) is 26.7. The van der Waals surface area contributed by atoms with E-state index in [0.717, 1.165) is 21.0 Å². The molecule has 3 rings (SSSR count). The fraction of sp³-hybridized carbons (Fsp3) is 0.200. The zero-order valence-electron chi connectivity index (χ0n) is 15.8. The molecule has 1 N–H and O–H groups in total. The second-order valence-corrected chi connectivity index (χ2v) is 6.97. The van der Waals surface area contributed by atoms with Crippen molar-refractivity contribution < 1.29 is 14.4 Å². The maximum Gasteiger partial charge on any atom is 0.273 e. The molecule has 7 nitrogen and oxygen atoms in total. The molecular formula is C20H20N4O3S. The van der Waals surface area contributed by atoms with Crippen LogP contribution in [-0.2, 0) is 16.2 Å². The number of hydrogen-bond acceptors (Lipinski definition) is 7. The Morgan fingerprint density at radius 3 is 2.79 bits per heavy atom. The Morgan fingerprint density at radius 2 is 2.07 bits per heavy atom. The van der Waals surface area contributed by atoms with E-state index in [9.17, 15) is 4.79 Å². The summed E-state index contributed by atoms with van der Waals surface area (Å²) in [5.74, 6) is 0.224. The van der Waals surface area contributed by atoms with E-state index in [2.05, 4.69) is 20.4 Å². The summed E-state index contributed by atoms with van der Waals surface area (Å²) < 4.78 is 5.96. The number of oxime groups is 1. The third-order valence-electron chi connectivity index (χ3n) is 3.92. The van der Waals surface area contributed by atoms with Crippen molar-refractivity contribution in [3.05, 3.63) is 64.8 Å². The molecule has 1 aromatic carbocycles. The van der Waals surface area contributed by atoms with E-state index in [1.54, 1.807) is 36.8 Å². The van der Waals surface area contributed by atoms with E-state index >= 15 is 0 Å². The van der Waals surface area contributed by atoms with E-state index in [0.29, 0.717) is 11.4 Å². The van der Waals surface area contributed by atoms with Crippen LogP contribution in [0, 0.1) is 6.92 Å². The number of rotatable bonds is 7. The second-order valence-electron chi connectivity index (χ2n) is 5.77. The number of nitrogens with one attached hydrogen (secondary N) is 1. The van der Waals surface area contributed by atoms with Crippen LogP contribution in [0.3, 0.4) is 0 Å². The van der Waals surface area contributed by atoms with E-state index in [-0.39, 0.29) is 18.2 Å². The number of nitrogens with zero attached hydrogens (tertiary/aromatic N) is 3. The third-order valence-corrected chi connectivity index (χ3v) is 4.93. The van der Waals surface area contributed by atoms with Gasteiger partial charge in [-0.3, -0.25) is 9.78 Å². The van der Waals surface area contributed by atoms with Gasteiger partial charge in [-0.2, -0.15) is 0 Å². The largest absolute Gasteiger partial charge is 0.472 e. The smallest absolute Gasteiger partial charge is 0.273 e. The standard InChI is InChI=1S/C20H20N4O3S/c1-13-19(23-20(28-13)14-8-6-10-22-11-14)27-12-15-7-4-5-9-16(15)17(24-26-3)18(25)21-2/h4-11H,12H2,1-3H3,(H,21,25). The minimum Gasteiger partial charge on any atom is -0.472 e. The minimum atomic E-state index is -0.335. The summed E-state index contributed by atoms with van der Waals surface area (Å²) in [5.41, 5.74) is 2.58. The summed E-state index contributed by atoms with van der Waals surface area (Å²) in [6.07, 6.45) is 3.50. The van der Waals surface area contributed by atoms with Gasteiger partial charge < -0.3 is 14.9 Å². The zero-order chi connectivity index (χ0) is 19.9. The predicted octanol–water partition coefficient (Wildman–Crippen LogP) is 3.19. The molecule has 0 aliphatic rings. The third kappa shape index (κ3) is 4.34. The number of benzene rings is 1. The highest BCUT2D eigenvalue weighted by atomic mass is 32.1. The number of likely N-dealkylation sites (N-methyl/N-ethyl adjacent to an activating group) is 1. The van der Waals surface area contributed by atoms with Crippen molar-refractivity contribution >= 4 is 23.0 Å². The monoisotopic (exact) mass is 396 g/mol. The molecule has 8 heteroatoms. The van der Waals surface area contributed by atoms with Gasteiger partial charge in [-0.05, 0) is 24.6 Å². The number of hydrogen-bond donors (Lipinski definition) is 1. The Bertz CT molecular complexity index is 986. The topological polar surface area (TPSA) is 85.7 Å². The number of pyridine rings is 1. The Hall–Kier alpha value is -3.26. The molecule has 2 aromatic heterocycles. The summed E-state index contributed by atoms with van der Waals surface area (Å²) in [6.45, 7) is 2.20. The second kappa shape index (κ2) is 9.09. The molecule has 0 radical (unpaired) electrons. The van der Waals surface area contributed by atoms with E-state index < -0.39 is 0 Å². The molecular weight excluding hydrogens is 376 g/mol. The highest BCUT2D eigenvalue weighted by Crippen LogP contribution is 2.31. The molecule has 3 aromatic rings.